The van der Waals surface area contributed by atoms with Crippen molar-refractivity contribution in [2.24, 2.45) is 0 Å². The Morgan fingerprint density at radius 2 is 1.09 bits per heavy atom. The van der Waals surface area contributed by atoms with E-state index in [4.69, 9.17) is 8.83 Å². The second-order valence-electron chi connectivity index (χ2n) is 10.9. The summed E-state index contributed by atoms with van der Waals surface area (Å²) in [5.41, 5.74) is 9.00. The second kappa shape index (κ2) is 9.37. The molecule has 7 aromatic carbocycles. The number of anilines is 3. The molecule has 9 aromatic rings. The summed E-state index contributed by atoms with van der Waals surface area (Å²) < 4.78 is 12.8. The van der Waals surface area contributed by atoms with Gasteiger partial charge in [-0.2, -0.15) is 0 Å². The Hall–Kier alpha value is -5.80. The third-order valence-corrected chi connectivity index (χ3v) is 8.44. The Kier molecular flexibility index (Phi) is 5.20. The number of hydrogen-bond acceptors (Lipinski definition) is 3. The number of fused-ring (bicyclic) bond motifs is 7. The van der Waals surface area contributed by atoms with Gasteiger partial charge in [0, 0.05) is 33.1 Å². The van der Waals surface area contributed by atoms with Gasteiger partial charge in [0.1, 0.15) is 22.3 Å². The quantitative estimate of drug-likeness (QED) is 0.218. The number of benzene rings is 7. The van der Waals surface area contributed by atoms with E-state index in [2.05, 4.69) is 144 Å². The molecule has 0 saturated heterocycles. The van der Waals surface area contributed by atoms with Gasteiger partial charge in [-0.05, 0) is 70.9 Å². The van der Waals surface area contributed by atoms with Gasteiger partial charge >= 0.3 is 0 Å². The lowest BCUT2D eigenvalue weighted by Gasteiger charge is -2.26. The van der Waals surface area contributed by atoms with Crippen molar-refractivity contribution in [3.8, 4) is 11.1 Å². The molecule has 0 fully saturated rings. The fraction of sp³-hybridized carbons (Fsp3) is 0. The summed E-state index contributed by atoms with van der Waals surface area (Å²) in [6.45, 7) is 0. The highest BCUT2D eigenvalue weighted by molar-refractivity contribution is 6.16. The molecule has 0 saturated carbocycles. The maximum atomic E-state index is 6.43. The Bertz CT molecular complexity index is 2450. The van der Waals surface area contributed by atoms with Crippen LogP contribution in [0.1, 0.15) is 0 Å². The lowest BCUT2D eigenvalue weighted by molar-refractivity contribution is 0.669. The van der Waals surface area contributed by atoms with E-state index in [1.807, 2.05) is 12.1 Å². The molecule has 0 N–H and O–H groups in total. The molecule has 202 valence electrons. The lowest BCUT2D eigenvalue weighted by Crippen LogP contribution is -2.10. The van der Waals surface area contributed by atoms with Gasteiger partial charge in [0.2, 0.25) is 0 Å². The van der Waals surface area contributed by atoms with Crippen LogP contribution >= 0.6 is 0 Å². The van der Waals surface area contributed by atoms with E-state index in [9.17, 15) is 0 Å². The zero-order valence-electron chi connectivity index (χ0n) is 23.2. The summed E-state index contributed by atoms with van der Waals surface area (Å²) in [7, 11) is 0. The minimum Gasteiger partial charge on any atom is -0.456 e. The average Bonchev–Trinajstić information content (AvgIpc) is 3.63. The molecule has 0 unspecified atom stereocenters. The van der Waals surface area contributed by atoms with Crippen molar-refractivity contribution in [2.75, 3.05) is 4.90 Å². The molecule has 0 spiro atoms. The van der Waals surface area contributed by atoms with E-state index < -0.39 is 0 Å². The molecule has 9 rings (SSSR count). The Labute approximate surface area is 247 Å². The minimum atomic E-state index is 0.872. The van der Waals surface area contributed by atoms with Crippen LogP contribution in [0.25, 0.3) is 65.8 Å². The standard InChI is InChI=1S/C40H25NO2/c1-2-12-29(13-3-1)41(35-17-9-19-37-39(35)34-24-27-10-4-5-11-28(27)25-38(34)42-37)30-22-20-26(21-23-30)31-15-8-16-33-32-14-6-7-18-36(32)43-40(31)33/h1-25H. The van der Waals surface area contributed by atoms with Crippen LogP contribution in [-0.4, -0.2) is 0 Å². The summed E-state index contributed by atoms with van der Waals surface area (Å²) in [5.74, 6) is 0. The number of hydrogen-bond donors (Lipinski definition) is 0. The highest BCUT2D eigenvalue weighted by atomic mass is 16.3. The van der Waals surface area contributed by atoms with Crippen LogP contribution < -0.4 is 4.90 Å². The molecular weight excluding hydrogens is 526 g/mol. The Balaban J connectivity index is 1.23. The van der Waals surface area contributed by atoms with Crippen LogP contribution in [0.2, 0.25) is 0 Å². The fourth-order valence-electron chi connectivity index (χ4n) is 6.45. The molecule has 43 heavy (non-hydrogen) atoms. The van der Waals surface area contributed by atoms with Crippen molar-refractivity contribution in [3.05, 3.63) is 152 Å². The first-order chi connectivity index (χ1) is 21.3. The summed E-state index contributed by atoms with van der Waals surface area (Å²) in [6, 6.07) is 53.1. The average molecular weight is 552 g/mol. The van der Waals surface area contributed by atoms with E-state index in [0.29, 0.717) is 0 Å². The maximum absolute atomic E-state index is 6.43. The van der Waals surface area contributed by atoms with Crippen LogP contribution in [0.5, 0.6) is 0 Å². The Morgan fingerprint density at radius 3 is 1.95 bits per heavy atom. The summed E-state index contributed by atoms with van der Waals surface area (Å²) in [5, 5.41) is 6.85. The molecule has 0 aliphatic heterocycles. The predicted octanol–water partition coefficient (Wildman–Crippen LogP) is 11.8. The number of nitrogens with zero attached hydrogens (tertiary/aromatic N) is 1. The van der Waals surface area contributed by atoms with Gasteiger partial charge in [0.25, 0.3) is 0 Å². The SMILES string of the molecule is c1ccc(N(c2ccc(-c3cccc4c3oc3ccccc34)cc2)c2cccc3oc4cc5ccccc5cc4c23)cc1. The van der Waals surface area contributed by atoms with Gasteiger partial charge in [-0.25, -0.2) is 0 Å². The van der Waals surface area contributed by atoms with Gasteiger partial charge < -0.3 is 13.7 Å². The van der Waals surface area contributed by atoms with Crippen molar-refractivity contribution in [3.63, 3.8) is 0 Å². The van der Waals surface area contributed by atoms with E-state index in [0.717, 1.165) is 72.1 Å². The number of rotatable bonds is 4. The van der Waals surface area contributed by atoms with Crippen molar-refractivity contribution >= 4 is 71.7 Å². The normalized spacial score (nSPS) is 11.7. The highest BCUT2D eigenvalue weighted by Crippen LogP contribution is 2.44. The zero-order chi connectivity index (χ0) is 28.3. The molecule has 2 aromatic heterocycles. The van der Waals surface area contributed by atoms with Crippen LogP contribution in [0, 0.1) is 0 Å². The zero-order valence-corrected chi connectivity index (χ0v) is 23.2. The molecule has 3 nitrogen and oxygen atoms in total. The Morgan fingerprint density at radius 1 is 0.419 bits per heavy atom. The van der Waals surface area contributed by atoms with Gasteiger partial charge in [0.15, 0.2) is 0 Å². The van der Waals surface area contributed by atoms with E-state index >= 15 is 0 Å². The van der Waals surface area contributed by atoms with E-state index in [1.54, 1.807) is 0 Å². The van der Waals surface area contributed by atoms with Crippen LogP contribution in [0.15, 0.2) is 160 Å². The van der Waals surface area contributed by atoms with Crippen molar-refractivity contribution in [1.82, 2.24) is 0 Å². The molecule has 0 atom stereocenters. The van der Waals surface area contributed by atoms with Crippen molar-refractivity contribution in [1.29, 1.82) is 0 Å². The van der Waals surface area contributed by atoms with Crippen LogP contribution in [-0.2, 0) is 0 Å². The van der Waals surface area contributed by atoms with Crippen LogP contribution in [0.3, 0.4) is 0 Å². The third-order valence-electron chi connectivity index (χ3n) is 8.44. The maximum Gasteiger partial charge on any atom is 0.143 e. The summed E-state index contributed by atoms with van der Waals surface area (Å²) in [4.78, 5) is 2.32. The van der Waals surface area contributed by atoms with E-state index in [-0.39, 0.29) is 0 Å². The smallest absolute Gasteiger partial charge is 0.143 e. The van der Waals surface area contributed by atoms with Crippen molar-refractivity contribution in [2.45, 2.75) is 0 Å². The first-order valence-corrected chi connectivity index (χ1v) is 14.5. The minimum absolute atomic E-state index is 0.872. The molecule has 3 heteroatoms. The van der Waals surface area contributed by atoms with Crippen LogP contribution in [0.4, 0.5) is 17.1 Å². The van der Waals surface area contributed by atoms with Gasteiger partial charge in [-0.3, -0.25) is 0 Å². The fourth-order valence-corrected chi connectivity index (χ4v) is 6.45. The van der Waals surface area contributed by atoms with Gasteiger partial charge in [0.05, 0.1) is 11.1 Å². The highest BCUT2D eigenvalue weighted by Gasteiger charge is 2.20. The lowest BCUT2D eigenvalue weighted by atomic mass is 10.0. The third kappa shape index (κ3) is 3.75. The first kappa shape index (κ1) is 23.9. The second-order valence-corrected chi connectivity index (χ2v) is 10.9. The summed E-state index contributed by atoms with van der Waals surface area (Å²) in [6.07, 6.45) is 0. The molecular formula is C40H25NO2. The largest absolute Gasteiger partial charge is 0.456 e. The van der Waals surface area contributed by atoms with Crippen molar-refractivity contribution < 1.29 is 8.83 Å². The van der Waals surface area contributed by atoms with E-state index in [1.165, 1.54) is 10.8 Å². The molecule has 0 radical (unpaired) electrons. The predicted molar refractivity (Wildman–Crippen MR) is 179 cm³/mol. The molecule has 0 amide bonds. The number of para-hydroxylation sites is 3. The molecule has 0 bridgehead atoms. The molecule has 0 aliphatic carbocycles. The number of furan rings is 2. The topological polar surface area (TPSA) is 29.5 Å². The van der Waals surface area contributed by atoms with Gasteiger partial charge in [-0.1, -0.05) is 97.1 Å². The van der Waals surface area contributed by atoms with Gasteiger partial charge in [-0.15, -0.1) is 0 Å². The monoisotopic (exact) mass is 551 g/mol. The molecule has 2 heterocycles. The summed E-state index contributed by atoms with van der Waals surface area (Å²) >= 11 is 0. The first-order valence-electron chi connectivity index (χ1n) is 14.5. The molecule has 0 aliphatic rings.